The van der Waals surface area contributed by atoms with E-state index in [1.807, 2.05) is 104 Å². The normalized spacial score (nSPS) is 16.7. The van der Waals surface area contributed by atoms with E-state index in [9.17, 15) is 4.79 Å². The number of methoxy groups -OCH3 is 2. The quantitative estimate of drug-likeness (QED) is 0.0163. The minimum absolute atomic E-state index is 0.0863. The predicted molar refractivity (Wildman–Crippen MR) is 325 cm³/mol. The lowest BCUT2D eigenvalue weighted by atomic mass is 9.93. The number of phosphoric ester groups is 1. The Morgan fingerprint density at radius 2 is 1.21 bits per heavy atom. The molecule has 0 radical (unpaired) electrons. The van der Waals surface area contributed by atoms with E-state index in [4.69, 9.17) is 41.1 Å². The second kappa shape index (κ2) is 29.1. The third-order valence-electron chi connectivity index (χ3n) is 15.2. The van der Waals surface area contributed by atoms with Crippen LogP contribution in [0.15, 0.2) is 170 Å². The Hall–Kier alpha value is -4.71. The summed E-state index contributed by atoms with van der Waals surface area (Å²) in [5.74, 6) is 0.933. The van der Waals surface area contributed by atoms with Crippen molar-refractivity contribution in [1.82, 2.24) is 0 Å². The van der Waals surface area contributed by atoms with Gasteiger partial charge >= 0.3 is 13.8 Å². The minimum Gasteiger partial charge on any atom is -0.497 e. The van der Waals surface area contributed by atoms with Crippen LogP contribution in [-0.4, -0.2) is 75.7 Å². The number of allylic oxidation sites excluding steroid dienone is 4. The van der Waals surface area contributed by atoms with E-state index >= 15 is 4.57 Å². The Balaban J connectivity index is 1.58. The summed E-state index contributed by atoms with van der Waals surface area (Å²) < 4.78 is 74.2. The van der Waals surface area contributed by atoms with Crippen molar-refractivity contribution in [3.8, 4) is 11.5 Å². The van der Waals surface area contributed by atoms with Crippen LogP contribution in [0.4, 0.5) is 0 Å². The van der Waals surface area contributed by atoms with Gasteiger partial charge in [-0.3, -0.25) is 13.6 Å². The number of rotatable bonds is 30. The molecule has 1 heterocycles. The molecule has 0 bridgehead atoms. The number of carbonyl (C=O) groups is 1. The number of phosphoric acid groups is 1. The fourth-order valence-corrected chi connectivity index (χ4v) is 19.6. The molecule has 4 atom stereocenters. The third-order valence-corrected chi connectivity index (χ3v) is 30.9. The van der Waals surface area contributed by atoms with Gasteiger partial charge < -0.3 is 27.5 Å². The van der Waals surface area contributed by atoms with Gasteiger partial charge in [-0.05, 0) is 100 Å². The van der Waals surface area contributed by atoms with Crippen molar-refractivity contribution in [2.45, 2.75) is 161 Å². The van der Waals surface area contributed by atoms with E-state index in [0.717, 1.165) is 29.3 Å². The minimum atomic E-state index is -4.50. The Kier molecular flexibility index (Phi) is 24.0. The molecule has 5 rings (SSSR count). The van der Waals surface area contributed by atoms with Gasteiger partial charge in [-0.2, -0.15) is 0 Å². The van der Waals surface area contributed by atoms with Crippen molar-refractivity contribution in [2.24, 2.45) is 0 Å². The second-order valence-corrected chi connectivity index (χ2v) is 38.0. The van der Waals surface area contributed by atoms with Gasteiger partial charge in [0.25, 0.3) is 8.32 Å². The molecule has 0 aromatic heterocycles. The molecule has 0 aliphatic carbocycles. The molecular weight excluding hydrogens is 1050 g/mol. The van der Waals surface area contributed by atoms with Crippen molar-refractivity contribution >= 4 is 49.1 Å². The summed E-state index contributed by atoms with van der Waals surface area (Å²) in [4.78, 5) is 12.6. The molecule has 0 saturated carbocycles. The Morgan fingerprint density at radius 1 is 0.692 bits per heavy atom. The zero-order valence-electron chi connectivity index (χ0n) is 49.0. The van der Waals surface area contributed by atoms with Crippen LogP contribution >= 0.6 is 7.82 Å². The summed E-state index contributed by atoms with van der Waals surface area (Å²) >= 11 is 0. The molecule has 4 aromatic rings. The predicted octanol–water partition coefficient (Wildman–Crippen LogP) is 15.2. The van der Waals surface area contributed by atoms with Gasteiger partial charge in [0.15, 0.2) is 16.6 Å². The number of esters is 1. The third kappa shape index (κ3) is 17.9. The van der Waals surface area contributed by atoms with Gasteiger partial charge in [0, 0.05) is 18.9 Å². The van der Waals surface area contributed by atoms with E-state index < -0.39 is 62.7 Å². The summed E-state index contributed by atoms with van der Waals surface area (Å²) in [7, 11) is -9.03. The molecule has 11 nitrogen and oxygen atoms in total. The topological polar surface area (TPSA) is 117 Å². The number of hydrogen-bond acceptors (Lipinski definition) is 11. The Morgan fingerprint density at radius 3 is 1.67 bits per heavy atom. The molecule has 0 N–H and O–H groups in total. The summed E-state index contributed by atoms with van der Waals surface area (Å²) in [6.45, 7) is 26.6. The number of benzene rings is 4. The lowest BCUT2D eigenvalue weighted by Gasteiger charge is -2.45. The first-order chi connectivity index (χ1) is 37.0. The molecule has 0 unspecified atom stereocenters. The number of carbonyl (C=O) groups excluding carboxylic acids is 1. The maximum atomic E-state index is 15.7. The fourth-order valence-electron chi connectivity index (χ4n) is 9.30. The first-order valence-electron chi connectivity index (χ1n) is 27.5. The van der Waals surface area contributed by atoms with Crippen LogP contribution in [0.3, 0.4) is 0 Å². The molecule has 424 valence electrons. The van der Waals surface area contributed by atoms with Crippen LogP contribution in [0.25, 0.3) is 0 Å². The largest absolute Gasteiger partial charge is 0.497 e. The van der Waals surface area contributed by atoms with Crippen molar-refractivity contribution in [3.05, 3.63) is 181 Å². The Bertz CT molecular complexity index is 2550. The number of cyclic esters (lactones) is 1. The summed E-state index contributed by atoms with van der Waals surface area (Å²) in [6.07, 6.45) is 17.7. The highest BCUT2D eigenvalue weighted by atomic mass is 31.2. The van der Waals surface area contributed by atoms with Crippen molar-refractivity contribution in [2.75, 3.05) is 20.8 Å². The zero-order chi connectivity index (χ0) is 57.1. The first-order valence-corrected chi connectivity index (χ1v) is 36.3. The second-order valence-electron chi connectivity index (χ2n) is 22.6. The van der Waals surface area contributed by atoms with E-state index in [1.165, 1.54) is 16.4 Å². The van der Waals surface area contributed by atoms with Crippen LogP contribution < -0.4 is 19.8 Å². The Labute approximate surface area is 471 Å². The maximum Gasteiger partial charge on any atom is 0.475 e. The van der Waals surface area contributed by atoms with Crippen molar-refractivity contribution in [1.29, 1.82) is 0 Å². The highest BCUT2D eigenvalue weighted by molar-refractivity contribution is 7.48. The van der Waals surface area contributed by atoms with Gasteiger partial charge in [-0.25, -0.2) is 9.36 Å². The molecule has 0 amide bonds. The molecule has 1 aliphatic heterocycles. The molecule has 0 fully saturated rings. The van der Waals surface area contributed by atoms with Crippen LogP contribution in [-0.2, 0) is 54.2 Å². The van der Waals surface area contributed by atoms with Crippen LogP contribution in [0.2, 0.25) is 41.3 Å². The van der Waals surface area contributed by atoms with Crippen molar-refractivity contribution < 1.29 is 50.4 Å². The average molecular weight is 1140 g/mol. The lowest BCUT2D eigenvalue weighted by molar-refractivity contribution is -0.141. The summed E-state index contributed by atoms with van der Waals surface area (Å²) in [6, 6.07) is 38.5. The summed E-state index contributed by atoms with van der Waals surface area (Å²) in [5.41, 5.74) is 0.209. The molecule has 0 spiro atoms. The lowest BCUT2D eigenvalue weighted by Crippen LogP contribution is -2.66. The van der Waals surface area contributed by atoms with Crippen molar-refractivity contribution in [3.63, 3.8) is 0 Å². The molecule has 15 heteroatoms. The van der Waals surface area contributed by atoms with E-state index in [-0.39, 0.29) is 29.7 Å². The standard InChI is InChI=1S/C63H89O11PSi3/c1-15-77(16-2,17-3)74-63(10,46-45-55-31-29-36-60(64)71-55)59(72-75(65,68-49-51-37-41-53(66-11)42-38-51)69-50-52-39-43-54(67-12)44-40-52)48-56(73-76(13,14)61(4,5)6)30-23-19-18-20-28-47-70-78(62(7,8)9,57-32-24-21-25-33-57)58-34-26-22-27-35-58/h18-30,32-46,55-56,59H,15-17,31,47-50H2,1-14H3/b19-18-,28-20+,30-23-,46-45+/t55-,56+,59-,63-/m1/s1. The maximum absolute atomic E-state index is 15.7. The van der Waals surface area contributed by atoms with Crippen LogP contribution in [0.5, 0.6) is 11.5 Å². The van der Waals surface area contributed by atoms with Gasteiger partial charge in [-0.15, -0.1) is 0 Å². The average Bonchev–Trinajstić information content (AvgIpc) is 3.43. The van der Waals surface area contributed by atoms with E-state index in [2.05, 4.69) is 142 Å². The highest BCUT2D eigenvalue weighted by Crippen LogP contribution is 2.55. The smallest absolute Gasteiger partial charge is 0.475 e. The van der Waals surface area contributed by atoms with Crippen LogP contribution in [0.1, 0.15) is 93.2 Å². The van der Waals surface area contributed by atoms with Gasteiger partial charge in [0.1, 0.15) is 23.7 Å². The van der Waals surface area contributed by atoms with Gasteiger partial charge in [-0.1, -0.05) is 196 Å². The molecule has 4 aromatic carbocycles. The molecule has 78 heavy (non-hydrogen) atoms. The molecular formula is C63H89O11PSi3. The zero-order valence-corrected chi connectivity index (χ0v) is 52.9. The highest BCUT2D eigenvalue weighted by Gasteiger charge is 2.51. The fraction of sp³-hybridized carbons (Fsp3) is 0.444. The number of hydrogen-bond donors (Lipinski definition) is 0. The summed E-state index contributed by atoms with van der Waals surface area (Å²) in [5, 5.41) is 2.15. The molecule has 1 aliphatic rings. The first kappa shape index (κ1) is 64.1. The SMILES string of the molecule is CC[Si](CC)(CC)O[C@](C)(/C=C/[C@H]1CC=CC(=O)O1)[C@@H](C[C@H](\C=C/C=C\C=C\CO[Si](c1ccccc1)(c1ccccc1)C(C)(C)C)O[Si](C)(C)C(C)(C)C)OP(=O)(OCc1ccc(OC)cc1)OCc1ccc(OC)cc1. The van der Waals surface area contributed by atoms with Gasteiger partial charge in [0.2, 0.25) is 0 Å². The van der Waals surface area contributed by atoms with Crippen LogP contribution in [0, 0.1) is 0 Å². The monoisotopic (exact) mass is 1140 g/mol. The van der Waals surface area contributed by atoms with E-state index in [1.54, 1.807) is 14.2 Å². The van der Waals surface area contributed by atoms with Gasteiger partial charge in [0.05, 0.1) is 45.7 Å². The molecule has 0 saturated heterocycles. The van der Waals surface area contributed by atoms with E-state index in [0.29, 0.717) is 24.5 Å². The number of ether oxygens (including phenoxy) is 3.